The van der Waals surface area contributed by atoms with Crippen molar-refractivity contribution in [2.75, 3.05) is 33.2 Å². The third-order valence-electron chi connectivity index (χ3n) is 4.05. The third kappa shape index (κ3) is 5.13. The Balaban J connectivity index is 2.11. The van der Waals surface area contributed by atoms with Gasteiger partial charge in [0.2, 0.25) is 5.91 Å². The lowest BCUT2D eigenvalue weighted by Crippen LogP contribution is -2.32. The van der Waals surface area contributed by atoms with Crippen molar-refractivity contribution in [3.8, 4) is 11.5 Å². The van der Waals surface area contributed by atoms with Crippen LogP contribution in [0.1, 0.15) is 28.9 Å². The summed E-state index contributed by atoms with van der Waals surface area (Å²) >= 11 is 0. The van der Waals surface area contributed by atoms with Crippen LogP contribution in [-0.2, 0) is 9.53 Å². The van der Waals surface area contributed by atoms with Crippen molar-refractivity contribution in [3.05, 3.63) is 53.6 Å². The minimum absolute atomic E-state index is 0.0172. The monoisotopic (exact) mass is 372 g/mol. The molecular weight excluding hydrogens is 348 g/mol. The van der Waals surface area contributed by atoms with Crippen molar-refractivity contribution in [1.29, 1.82) is 0 Å². The summed E-state index contributed by atoms with van der Waals surface area (Å²) < 4.78 is 15.3. The summed E-state index contributed by atoms with van der Waals surface area (Å²) in [5.74, 6) is 0.0739. The molecule has 0 bridgehead atoms. The van der Waals surface area contributed by atoms with Gasteiger partial charge in [0.15, 0.2) is 11.5 Å². The first kappa shape index (κ1) is 20.1. The number of anilines is 1. The minimum Gasteiger partial charge on any atom is -0.493 e. The summed E-state index contributed by atoms with van der Waals surface area (Å²) in [5.41, 5.74) is 1.67. The topological polar surface area (TPSA) is 85.9 Å². The van der Waals surface area contributed by atoms with Gasteiger partial charge in [-0.15, -0.1) is 0 Å². The Labute approximate surface area is 158 Å². The Hall–Kier alpha value is -3.22. The molecule has 1 amide bonds. The van der Waals surface area contributed by atoms with Gasteiger partial charge in [0.1, 0.15) is 0 Å². The van der Waals surface area contributed by atoms with E-state index in [1.807, 2.05) is 37.3 Å². The maximum atomic E-state index is 12.3. The quantitative estimate of drug-likeness (QED) is 0.693. The average molecular weight is 372 g/mol. The molecule has 2 aromatic carbocycles. The molecule has 1 unspecified atom stereocenters. The summed E-state index contributed by atoms with van der Waals surface area (Å²) in [5, 5.41) is 5.87. The average Bonchev–Trinajstić information content (AvgIpc) is 2.71. The van der Waals surface area contributed by atoms with Crippen molar-refractivity contribution < 1.29 is 23.8 Å². The highest BCUT2D eigenvalue weighted by molar-refractivity contribution is 5.97. The molecule has 0 radical (unpaired) electrons. The highest BCUT2D eigenvalue weighted by atomic mass is 16.5. The predicted molar refractivity (Wildman–Crippen MR) is 102 cm³/mol. The lowest BCUT2D eigenvalue weighted by molar-refractivity contribution is -0.120. The maximum Gasteiger partial charge on any atom is 0.340 e. The van der Waals surface area contributed by atoms with Gasteiger partial charge in [-0.2, -0.15) is 0 Å². The van der Waals surface area contributed by atoms with Crippen LogP contribution in [0, 0.1) is 0 Å². The first-order valence-corrected chi connectivity index (χ1v) is 8.42. The van der Waals surface area contributed by atoms with Gasteiger partial charge in [0.05, 0.1) is 45.2 Å². The third-order valence-corrected chi connectivity index (χ3v) is 4.05. The number of hydrogen-bond donors (Lipinski definition) is 2. The molecule has 2 N–H and O–H groups in total. The molecule has 0 fully saturated rings. The largest absolute Gasteiger partial charge is 0.493 e. The molecule has 0 saturated carbocycles. The van der Waals surface area contributed by atoms with Crippen LogP contribution in [0.5, 0.6) is 11.5 Å². The Bertz CT molecular complexity index is 792. The van der Waals surface area contributed by atoms with Crippen LogP contribution in [0.4, 0.5) is 5.69 Å². The van der Waals surface area contributed by atoms with E-state index in [1.165, 1.54) is 27.4 Å². The molecule has 0 aliphatic carbocycles. The fraction of sp³-hybridized carbons (Fsp3) is 0.300. The molecule has 2 aromatic rings. The zero-order valence-corrected chi connectivity index (χ0v) is 15.9. The zero-order chi connectivity index (χ0) is 19.8. The van der Waals surface area contributed by atoms with Gasteiger partial charge in [0, 0.05) is 12.1 Å². The Kier molecular flexibility index (Phi) is 7.05. The molecule has 0 spiro atoms. The summed E-state index contributed by atoms with van der Waals surface area (Å²) in [6.45, 7) is 1.89. The SMILES string of the molecule is COC(=O)c1cc(OC)c(OC)cc1NCC(=O)NC(C)c1ccccc1. The van der Waals surface area contributed by atoms with Gasteiger partial charge >= 0.3 is 5.97 Å². The molecular formula is C20H24N2O5. The minimum atomic E-state index is -0.545. The number of rotatable bonds is 8. The van der Waals surface area contributed by atoms with Crippen LogP contribution in [0.25, 0.3) is 0 Å². The summed E-state index contributed by atoms with van der Waals surface area (Å²) in [4.78, 5) is 24.3. The second-order valence-electron chi connectivity index (χ2n) is 5.80. The Morgan fingerprint density at radius 3 is 2.22 bits per heavy atom. The van der Waals surface area contributed by atoms with Gasteiger partial charge in [-0.3, -0.25) is 4.79 Å². The molecule has 27 heavy (non-hydrogen) atoms. The smallest absolute Gasteiger partial charge is 0.340 e. The summed E-state index contributed by atoms with van der Waals surface area (Å²) in [7, 11) is 4.26. The Morgan fingerprint density at radius 2 is 1.63 bits per heavy atom. The second-order valence-corrected chi connectivity index (χ2v) is 5.80. The maximum absolute atomic E-state index is 12.3. The van der Waals surface area contributed by atoms with Crippen molar-refractivity contribution in [2.24, 2.45) is 0 Å². The molecule has 0 aliphatic heterocycles. The number of methoxy groups -OCH3 is 3. The number of nitrogens with one attached hydrogen (secondary N) is 2. The fourth-order valence-electron chi connectivity index (χ4n) is 2.60. The van der Waals surface area contributed by atoms with Crippen molar-refractivity contribution in [3.63, 3.8) is 0 Å². The van der Waals surface area contributed by atoms with E-state index in [0.29, 0.717) is 17.2 Å². The van der Waals surface area contributed by atoms with Gasteiger partial charge in [0.25, 0.3) is 0 Å². The van der Waals surface area contributed by atoms with Crippen molar-refractivity contribution in [2.45, 2.75) is 13.0 Å². The summed E-state index contributed by atoms with van der Waals surface area (Å²) in [6, 6.07) is 12.6. The molecule has 144 valence electrons. The number of carbonyl (C=O) groups is 2. The molecule has 0 saturated heterocycles. The van der Waals surface area contributed by atoms with Crippen LogP contribution >= 0.6 is 0 Å². The molecule has 1 atom stereocenters. The number of hydrogen-bond acceptors (Lipinski definition) is 6. The summed E-state index contributed by atoms with van der Waals surface area (Å²) in [6.07, 6.45) is 0. The molecule has 0 aliphatic rings. The molecule has 0 heterocycles. The molecule has 7 nitrogen and oxygen atoms in total. The van der Waals surface area contributed by atoms with Gasteiger partial charge < -0.3 is 24.8 Å². The number of carbonyl (C=O) groups excluding carboxylic acids is 2. The van der Waals surface area contributed by atoms with Crippen LogP contribution < -0.4 is 20.1 Å². The van der Waals surface area contributed by atoms with Gasteiger partial charge in [-0.25, -0.2) is 4.79 Å². The van der Waals surface area contributed by atoms with Crippen LogP contribution in [0.3, 0.4) is 0 Å². The molecule has 7 heteroatoms. The van der Waals surface area contributed by atoms with Gasteiger partial charge in [-0.1, -0.05) is 30.3 Å². The van der Waals surface area contributed by atoms with Crippen LogP contribution in [-0.4, -0.2) is 39.8 Å². The second kappa shape index (κ2) is 9.47. The van der Waals surface area contributed by atoms with Crippen LogP contribution in [0.2, 0.25) is 0 Å². The molecule has 2 rings (SSSR count). The van der Waals surface area contributed by atoms with E-state index in [-0.39, 0.29) is 24.1 Å². The van der Waals surface area contributed by atoms with E-state index in [9.17, 15) is 9.59 Å². The lowest BCUT2D eigenvalue weighted by atomic mass is 10.1. The number of amides is 1. The normalized spacial score (nSPS) is 11.3. The van der Waals surface area contributed by atoms with Crippen molar-refractivity contribution >= 4 is 17.6 Å². The van der Waals surface area contributed by atoms with E-state index in [2.05, 4.69) is 10.6 Å². The number of ether oxygens (including phenoxy) is 3. The Morgan fingerprint density at radius 1 is 1.00 bits per heavy atom. The molecule has 0 aromatic heterocycles. The number of benzene rings is 2. The fourth-order valence-corrected chi connectivity index (χ4v) is 2.60. The lowest BCUT2D eigenvalue weighted by Gasteiger charge is -2.17. The predicted octanol–water partition coefficient (Wildman–Crippen LogP) is 2.78. The highest BCUT2D eigenvalue weighted by Crippen LogP contribution is 2.33. The van der Waals surface area contributed by atoms with E-state index in [4.69, 9.17) is 14.2 Å². The van der Waals surface area contributed by atoms with E-state index in [0.717, 1.165) is 5.56 Å². The van der Waals surface area contributed by atoms with Crippen molar-refractivity contribution in [1.82, 2.24) is 5.32 Å². The zero-order valence-electron chi connectivity index (χ0n) is 15.9. The first-order chi connectivity index (χ1) is 13.0. The highest BCUT2D eigenvalue weighted by Gasteiger charge is 2.18. The van der Waals surface area contributed by atoms with E-state index in [1.54, 1.807) is 6.07 Å². The first-order valence-electron chi connectivity index (χ1n) is 8.42. The van der Waals surface area contributed by atoms with Crippen LogP contribution in [0.15, 0.2) is 42.5 Å². The van der Waals surface area contributed by atoms with Gasteiger partial charge in [-0.05, 0) is 12.5 Å². The standard InChI is InChI=1S/C20H24N2O5/c1-13(14-8-6-5-7-9-14)22-19(23)12-21-16-11-18(26-3)17(25-2)10-15(16)20(24)27-4/h5-11,13,21H,12H2,1-4H3,(H,22,23). The van der Waals surface area contributed by atoms with E-state index < -0.39 is 5.97 Å². The number of esters is 1. The van der Waals surface area contributed by atoms with E-state index >= 15 is 0 Å².